The third kappa shape index (κ3) is 3.93. The molecule has 148 valence electrons. The Morgan fingerprint density at radius 1 is 1.36 bits per heavy atom. The summed E-state index contributed by atoms with van der Waals surface area (Å²) in [5.74, 6) is 0.467. The number of carbonyl (C=O) groups is 1. The number of allylic oxidation sites excluding steroid dienone is 1. The molecule has 0 fully saturated rings. The van der Waals surface area contributed by atoms with Gasteiger partial charge in [-0.2, -0.15) is 0 Å². The van der Waals surface area contributed by atoms with E-state index in [4.69, 9.17) is 9.72 Å². The summed E-state index contributed by atoms with van der Waals surface area (Å²) in [6.07, 6.45) is 1.85. The third-order valence-electron chi connectivity index (χ3n) is 4.90. The van der Waals surface area contributed by atoms with E-state index in [2.05, 4.69) is 22.6 Å². The molecule has 3 rings (SSSR count). The van der Waals surface area contributed by atoms with Crippen molar-refractivity contribution < 1.29 is 9.53 Å². The highest BCUT2D eigenvalue weighted by molar-refractivity contribution is 7.99. The minimum atomic E-state index is 0.117. The van der Waals surface area contributed by atoms with Gasteiger partial charge in [-0.3, -0.25) is 4.79 Å². The highest BCUT2D eigenvalue weighted by atomic mass is 32.2. The first-order chi connectivity index (χ1) is 13.5. The Hall–Kier alpha value is -2.31. The van der Waals surface area contributed by atoms with Crippen LogP contribution in [0.15, 0.2) is 48.1 Å². The van der Waals surface area contributed by atoms with Crippen LogP contribution in [0.1, 0.15) is 34.7 Å². The number of para-hydroxylation sites is 2. The van der Waals surface area contributed by atoms with Crippen LogP contribution >= 0.6 is 11.8 Å². The van der Waals surface area contributed by atoms with Gasteiger partial charge < -0.3 is 13.9 Å². The number of aryl methyl sites for hydroxylation is 1. The normalized spacial score (nSPS) is 12.4. The number of methoxy groups -OCH3 is 1. The first kappa shape index (κ1) is 20.4. The molecular weight excluding hydrogens is 370 g/mol. The highest BCUT2D eigenvalue weighted by Gasteiger charge is 2.20. The summed E-state index contributed by atoms with van der Waals surface area (Å²) >= 11 is 1.48. The quantitative estimate of drug-likeness (QED) is 0.295. The zero-order valence-electron chi connectivity index (χ0n) is 16.9. The number of aromatic nitrogens is 3. The van der Waals surface area contributed by atoms with Crippen LogP contribution in [-0.4, -0.2) is 39.4 Å². The molecule has 0 aliphatic rings. The molecule has 5 nitrogen and oxygen atoms in total. The van der Waals surface area contributed by atoms with Crippen molar-refractivity contribution in [1.82, 2.24) is 14.1 Å². The van der Waals surface area contributed by atoms with Crippen molar-refractivity contribution in [1.29, 1.82) is 0 Å². The van der Waals surface area contributed by atoms with Gasteiger partial charge in [0.05, 0.1) is 29.4 Å². The Bertz CT molecular complexity index is 1000. The lowest BCUT2D eigenvalue weighted by Crippen LogP contribution is -2.14. The Kier molecular flexibility index (Phi) is 6.42. The number of hydrogen-bond donors (Lipinski definition) is 0. The zero-order valence-corrected chi connectivity index (χ0v) is 17.8. The molecule has 0 N–H and O–H groups in total. The molecular formula is C22H27N3O2S. The fourth-order valence-corrected chi connectivity index (χ4v) is 4.64. The molecule has 2 heterocycles. The number of hydrogen-bond acceptors (Lipinski definition) is 4. The fraction of sp³-hybridized carbons (Fsp3) is 0.364. The van der Waals surface area contributed by atoms with Crippen molar-refractivity contribution in [2.75, 3.05) is 19.5 Å². The maximum Gasteiger partial charge on any atom is 0.175 e. The fourth-order valence-electron chi connectivity index (χ4n) is 3.73. The summed E-state index contributed by atoms with van der Waals surface area (Å²) in [7, 11) is 1.70. The van der Waals surface area contributed by atoms with E-state index >= 15 is 0 Å². The summed E-state index contributed by atoms with van der Waals surface area (Å²) in [4.78, 5) is 17.6. The topological polar surface area (TPSA) is 49.0 Å². The second-order valence-corrected chi connectivity index (χ2v) is 7.90. The summed E-state index contributed by atoms with van der Waals surface area (Å²) in [5.41, 5.74) is 4.84. The smallest absolute Gasteiger partial charge is 0.175 e. The predicted octanol–water partition coefficient (Wildman–Crippen LogP) is 4.82. The van der Waals surface area contributed by atoms with Crippen molar-refractivity contribution >= 4 is 28.6 Å². The molecule has 28 heavy (non-hydrogen) atoms. The van der Waals surface area contributed by atoms with Gasteiger partial charge in [0, 0.05) is 30.6 Å². The minimum Gasteiger partial charge on any atom is -0.383 e. The SMILES string of the molecule is C=CCn1c(SCC(=O)c2cc(C)n(C(C)COC)c2C)nc2ccccc21. The van der Waals surface area contributed by atoms with Crippen LogP contribution in [0.4, 0.5) is 0 Å². The molecule has 0 saturated carbocycles. The van der Waals surface area contributed by atoms with E-state index in [9.17, 15) is 4.79 Å². The molecule has 0 spiro atoms. The molecule has 0 aliphatic heterocycles. The maximum atomic E-state index is 12.9. The lowest BCUT2D eigenvalue weighted by molar-refractivity contribution is 0.102. The number of ketones is 1. The molecule has 1 unspecified atom stereocenters. The summed E-state index contributed by atoms with van der Waals surface area (Å²) < 4.78 is 9.56. The van der Waals surface area contributed by atoms with Crippen LogP contribution in [0.2, 0.25) is 0 Å². The number of rotatable bonds is 9. The van der Waals surface area contributed by atoms with Crippen LogP contribution in [-0.2, 0) is 11.3 Å². The van der Waals surface area contributed by atoms with E-state index in [0.717, 1.165) is 33.1 Å². The first-order valence-corrected chi connectivity index (χ1v) is 10.4. The van der Waals surface area contributed by atoms with E-state index < -0.39 is 0 Å². The lowest BCUT2D eigenvalue weighted by Gasteiger charge is -2.17. The summed E-state index contributed by atoms with van der Waals surface area (Å²) in [6, 6.07) is 10.2. The first-order valence-electron chi connectivity index (χ1n) is 9.37. The minimum absolute atomic E-state index is 0.117. The van der Waals surface area contributed by atoms with Gasteiger partial charge in [-0.1, -0.05) is 30.0 Å². The van der Waals surface area contributed by atoms with Crippen LogP contribution in [0, 0.1) is 13.8 Å². The molecule has 0 aliphatic carbocycles. The van der Waals surface area contributed by atoms with Crippen molar-refractivity contribution in [2.24, 2.45) is 0 Å². The molecule has 1 aromatic carbocycles. The van der Waals surface area contributed by atoms with Gasteiger partial charge in [-0.05, 0) is 39.0 Å². The number of Topliss-reactive ketones (excluding diaryl/α,β-unsaturated/α-hetero) is 1. The predicted molar refractivity (Wildman–Crippen MR) is 115 cm³/mol. The lowest BCUT2D eigenvalue weighted by atomic mass is 10.2. The molecule has 6 heteroatoms. The molecule has 1 atom stereocenters. The maximum absolute atomic E-state index is 12.9. The Morgan fingerprint density at radius 2 is 2.11 bits per heavy atom. The Morgan fingerprint density at radius 3 is 2.82 bits per heavy atom. The van der Waals surface area contributed by atoms with E-state index in [0.29, 0.717) is 18.9 Å². The highest BCUT2D eigenvalue weighted by Crippen LogP contribution is 2.27. The number of fused-ring (bicyclic) bond motifs is 1. The van der Waals surface area contributed by atoms with Crippen LogP contribution in [0.5, 0.6) is 0 Å². The van der Waals surface area contributed by atoms with E-state index in [-0.39, 0.29) is 11.8 Å². The van der Waals surface area contributed by atoms with Gasteiger partial charge in [0.2, 0.25) is 0 Å². The Labute approximate surface area is 170 Å². The van der Waals surface area contributed by atoms with Gasteiger partial charge in [0.15, 0.2) is 10.9 Å². The standard InChI is InChI=1S/C22H27N3O2S/c1-6-11-24-20-10-8-7-9-19(20)23-22(24)28-14-21(26)18-12-15(2)25(17(18)4)16(3)13-27-5/h6-10,12,16H,1,11,13-14H2,2-5H3. The second kappa shape index (κ2) is 8.80. The van der Waals surface area contributed by atoms with Crippen LogP contribution in [0.25, 0.3) is 11.0 Å². The number of imidazole rings is 1. The van der Waals surface area contributed by atoms with Gasteiger partial charge in [0.1, 0.15) is 0 Å². The van der Waals surface area contributed by atoms with Gasteiger partial charge >= 0.3 is 0 Å². The van der Waals surface area contributed by atoms with Crippen molar-refractivity contribution in [3.05, 3.63) is 59.9 Å². The number of carbonyl (C=O) groups excluding carboxylic acids is 1. The molecule has 2 aromatic heterocycles. The second-order valence-electron chi connectivity index (χ2n) is 6.95. The van der Waals surface area contributed by atoms with Gasteiger partial charge in [0.25, 0.3) is 0 Å². The van der Waals surface area contributed by atoms with E-state index in [1.54, 1.807) is 7.11 Å². The average Bonchev–Trinajstić information content (AvgIpc) is 3.17. The number of nitrogens with zero attached hydrogens (tertiary/aromatic N) is 3. The Balaban J connectivity index is 1.82. The van der Waals surface area contributed by atoms with E-state index in [1.165, 1.54) is 11.8 Å². The van der Waals surface area contributed by atoms with Crippen molar-refractivity contribution in [3.63, 3.8) is 0 Å². The molecule has 0 radical (unpaired) electrons. The largest absolute Gasteiger partial charge is 0.383 e. The molecule has 0 saturated heterocycles. The third-order valence-corrected chi connectivity index (χ3v) is 5.87. The number of thioether (sulfide) groups is 1. The van der Waals surface area contributed by atoms with Crippen LogP contribution < -0.4 is 0 Å². The van der Waals surface area contributed by atoms with Gasteiger partial charge in [-0.25, -0.2) is 4.98 Å². The number of ether oxygens (including phenoxy) is 1. The molecule has 0 amide bonds. The summed E-state index contributed by atoms with van der Waals surface area (Å²) in [6.45, 7) is 11.3. The zero-order chi connectivity index (χ0) is 20.3. The van der Waals surface area contributed by atoms with Crippen LogP contribution in [0.3, 0.4) is 0 Å². The molecule has 3 aromatic rings. The molecule has 0 bridgehead atoms. The van der Waals surface area contributed by atoms with Gasteiger partial charge in [-0.15, -0.1) is 6.58 Å². The monoisotopic (exact) mass is 397 g/mol. The summed E-state index contributed by atoms with van der Waals surface area (Å²) in [5, 5.41) is 0.844. The van der Waals surface area contributed by atoms with E-state index in [1.807, 2.05) is 50.3 Å². The number of benzene rings is 1. The van der Waals surface area contributed by atoms with Crippen molar-refractivity contribution in [2.45, 2.75) is 38.5 Å². The van der Waals surface area contributed by atoms with Crippen molar-refractivity contribution in [3.8, 4) is 0 Å². The average molecular weight is 398 g/mol.